The Morgan fingerprint density at radius 2 is 1.88 bits per heavy atom. The predicted molar refractivity (Wildman–Crippen MR) is 117 cm³/mol. The topological polar surface area (TPSA) is 77.4 Å². The molecule has 7 nitrogen and oxygen atoms in total. The summed E-state index contributed by atoms with van der Waals surface area (Å²) in [4.78, 5) is 12.7. The molecule has 2 aromatic carbocycles. The minimum Gasteiger partial charge on any atom is -0.497 e. The van der Waals surface area contributed by atoms with Gasteiger partial charge in [0.1, 0.15) is 17.3 Å². The van der Waals surface area contributed by atoms with Gasteiger partial charge < -0.3 is 20.1 Å². The van der Waals surface area contributed by atoms with Crippen LogP contribution in [0.2, 0.25) is 5.02 Å². The van der Waals surface area contributed by atoms with E-state index >= 15 is 0 Å². The molecule has 0 bridgehead atoms. The van der Waals surface area contributed by atoms with E-state index < -0.39 is 24.2 Å². The van der Waals surface area contributed by atoms with Gasteiger partial charge >= 0.3 is 6.18 Å². The van der Waals surface area contributed by atoms with Crippen molar-refractivity contribution >= 4 is 29.0 Å². The maximum Gasteiger partial charge on any atom is 0.410 e. The number of nitrogens with zero attached hydrogens (tertiary/aromatic N) is 2. The zero-order valence-corrected chi connectivity index (χ0v) is 18.4. The van der Waals surface area contributed by atoms with E-state index in [1.54, 1.807) is 36.4 Å². The molecule has 0 saturated heterocycles. The van der Waals surface area contributed by atoms with Gasteiger partial charge in [-0.25, -0.2) is 4.68 Å². The number of carbonyl (C=O) groups excluding carboxylic acids is 1. The fourth-order valence-corrected chi connectivity index (χ4v) is 3.94. The molecule has 3 aromatic rings. The molecule has 0 spiro atoms. The van der Waals surface area contributed by atoms with Gasteiger partial charge in [0.2, 0.25) is 0 Å². The number of rotatable bonds is 5. The molecular formula is C22H20ClF3N4O3. The van der Waals surface area contributed by atoms with Crippen LogP contribution in [0.3, 0.4) is 0 Å². The number of hydrogen-bond acceptors (Lipinski definition) is 5. The minimum absolute atomic E-state index is 0.0994. The zero-order valence-electron chi connectivity index (χ0n) is 17.6. The Balaban J connectivity index is 1.61. The van der Waals surface area contributed by atoms with Crippen LogP contribution in [0.15, 0.2) is 48.5 Å². The highest BCUT2D eigenvalue weighted by atomic mass is 35.5. The molecule has 0 aliphatic carbocycles. The number of amides is 1. The third-order valence-corrected chi connectivity index (χ3v) is 5.65. The first-order valence-electron chi connectivity index (χ1n) is 9.91. The van der Waals surface area contributed by atoms with E-state index in [0.29, 0.717) is 22.7 Å². The number of alkyl halides is 3. The number of anilines is 2. The van der Waals surface area contributed by atoms with Crippen molar-refractivity contribution in [1.82, 2.24) is 9.78 Å². The van der Waals surface area contributed by atoms with Crippen LogP contribution in [0.1, 0.15) is 34.6 Å². The molecule has 1 amide bonds. The molecule has 4 rings (SSSR count). The second kappa shape index (κ2) is 8.86. The van der Waals surface area contributed by atoms with Crippen LogP contribution in [0.25, 0.3) is 0 Å². The van der Waals surface area contributed by atoms with E-state index in [0.717, 1.165) is 4.68 Å². The molecule has 1 aliphatic rings. The number of aromatic nitrogens is 2. The number of benzene rings is 2. The predicted octanol–water partition coefficient (Wildman–Crippen LogP) is 5.47. The maximum atomic E-state index is 13.9. The highest BCUT2D eigenvalue weighted by Crippen LogP contribution is 2.43. The number of halogens is 4. The molecule has 174 valence electrons. The summed E-state index contributed by atoms with van der Waals surface area (Å²) in [7, 11) is 2.97. The van der Waals surface area contributed by atoms with Gasteiger partial charge in [0.25, 0.3) is 5.91 Å². The first kappa shape index (κ1) is 22.8. The number of hydrogen-bond donors (Lipinski definition) is 2. The van der Waals surface area contributed by atoms with Crippen LogP contribution in [-0.2, 0) is 0 Å². The lowest BCUT2D eigenvalue weighted by molar-refractivity contribution is -0.173. The summed E-state index contributed by atoms with van der Waals surface area (Å²) < 4.78 is 52.6. The number of fused-ring (bicyclic) bond motifs is 1. The second-order valence-corrected chi connectivity index (χ2v) is 7.83. The fourth-order valence-electron chi connectivity index (χ4n) is 3.68. The molecule has 11 heteroatoms. The lowest BCUT2D eigenvalue weighted by Gasteiger charge is -2.33. The molecule has 2 atom stereocenters. The van der Waals surface area contributed by atoms with Crippen LogP contribution in [0.4, 0.5) is 24.7 Å². The monoisotopic (exact) mass is 480 g/mol. The summed E-state index contributed by atoms with van der Waals surface area (Å²) in [5, 5.41) is 9.88. The van der Waals surface area contributed by atoms with Crippen LogP contribution in [-0.4, -0.2) is 36.1 Å². The smallest absolute Gasteiger partial charge is 0.410 e. The number of methoxy groups -OCH3 is 2. The summed E-state index contributed by atoms with van der Waals surface area (Å²) in [6.07, 6.45) is -4.83. The van der Waals surface area contributed by atoms with E-state index in [9.17, 15) is 18.0 Å². The van der Waals surface area contributed by atoms with Crippen molar-refractivity contribution in [2.24, 2.45) is 0 Å². The lowest BCUT2D eigenvalue weighted by atomic mass is 9.97. The van der Waals surface area contributed by atoms with Crippen LogP contribution >= 0.6 is 11.6 Å². The summed E-state index contributed by atoms with van der Waals surface area (Å²) in [6.45, 7) is 0. The van der Waals surface area contributed by atoms with Gasteiger partial charge in [-0.05, 0) is 35.9 Å². The molecule has 1 aromatic heterocycles. The van der Waals surface area contributed by atoms with Gasteiger partial charge in [-0.15, -0.1) is 0 Å². The number of carbonyl (C=O) groups is 1. The molecule has 0 fully saturated rings. The van der Waals surface area contributed by atoms with Crippen molar-refractivity contribution in [2.45, 2.75) is 24.7 Å². The average molecular weight is 481 g/mol. The molecule has 0 radical (unpaired) electrons. The van der Waals surface area contributed by atoms with Crippen molar-refractivity contribution in [1.29, 1.82) is 0 Å². The molecule has 1 aliphatic heterocycles. The number of ether oxygens (including phenoxy) is 2. The first-order chi connectivity index (χ1) is 15.7. The average Bonchev–Trinajstić information content (AvgIpc) is 3.22. The van der Waals surface area contributed by atoms with Crippen molar-refractivity contribution in [3.8, 4) is 11.5 Å². The molecule has 0 saturated carbocycles. The van der Waals surface area contributed by atoms with Crippen molar-refractivity contribution in [3.05, 3.63) is 64.8 Å². The second-order valence-electron chi connectivity index (χ2n) is 7.43. The Hall–Kier alpha value is -3.40. The molecule has 0 unspecified atom stereocenters. The van der Waals surface area contributed by atoms with E-state index in [2.05, 4.69) is 15.7 Å². The Morgan fingerprint density at radius 1 is 1.15 bits per heavy atom. The quantitative estimate of drug-likeness (QED) is 0.506. The van der Waals surface area contributed by atoms with Gasteiger partial charge in [-0.2, -0.15) is 18.3 Å². The van der Waals surface area contributed by atoms with Crippen LogP contribution < -0.4 is 20.1 Å². The Morgan fingerprint density at radius 3 is 2.48 bits per heavy atom. The lowest BCUT2D eigenvalue weighted by Crippen LogP contribution is -2.35. The van der Waals surface area contributed by atoms with E-state index in [4.69, 9.17) is 21.1 Å². The standard InChI is InChI=1S/C22H20ClF3N4O3/c1-32-14-6-3-12(4-7-14)16-10-19(22(24,25)26)30-20(28-16)11-17(29-30)21(31)27-13-5-8-18(33-2)15(23)9-13/h3-9,11,16,19,28H,10H2,1-2H3,(H,27,31)/t16-,19+/m0/s1. The van der Waals surface area contributed by atoms with E-state index in [1.165, 1.54) is 26.4 Å². The largest absolute Gasteiger partial charge is 0.497 e. The third-order valence-electron chi connectivity index (χ3n) is 5.35. The summed E-state index contributed by atoms with van der Waals surface area (Å²) in [6, 6.07) is 10.2. The van der Waals surface area contributed by atoms with E-state index in [-0.39, 0.29) is 23.0 Å². The Labute approximate surface area is 192 Å². The summed E-state index contributed by atoms with van der Waals surface area (Å²) >= 11 is 6.07. The van der Waals surface area contributed by atoms with Gasteiger partial charge in [-0.1, -0.05) is 23.7 Å². The Kier molecular flexibility index (Phi) is 6.11. The zero-order chi connectivity index (χ0) is 23.8. The van der Waals surface area contributed by atoms with Crippen molar-refractivity contribution in [3.63, 3.8) is 0 Å². The van der Waals surface area contributed by atoms with Gasteiger partial charge in [-0.3, -0.25) is 4.79 Å². The highest BCUT2D eigenvalue weighted by Gasteiger charge is 2.46. The highest BCUT2D eigenvalue weighted by molar-refractivity contribution is 6.32. The SMILES string of the molecule is COc1ccc([C@@H]2C[C@H](C(F)(F)F)n3nc(C(=O)Nc4ccc(OC)c(Cl)c4)cc3N2)cc1. The third kappa shape index (κ3) is 4.70. The van der Waals surface area contributed by atoms with Crippen molar-refractivity contribution in [2.75, 3.05) is 24.9 Å². The minimum atomic E-state index is -4.55. The molecule has 2 heterocycles. The summed E-state index contributed by atoms with van der Waals surface area (Å²) in [5.74, 6) is 0.461. The summed E-state index contributed by atoms with van der Waals surface area (Å²) in [5.41, 5.74) is 0.860. The van der Waals surface area contributed by atoms with Gasteiger partial charge in [0.05, 0.1) is 25.3 Å². The molecule has 2 N–H and O–H groups in total. The van der Waals surface area contributed by atoms with Gasteiger partial charge in [0.15, 0.2) is 11.7 Å². The fraction of sp³-hybridized carbons (Fsp3) is 0.273. The Bertz CT molecular complexity index is 1160. The number of nitrogens with one attached hydrogen (secondary N) is 2. The first-order valence-corrected chi connectivity index (χ1v) is 10.3. The van der Waals surface area contributed by atoms with Crippen molar-refractivity contribution < 1.29 is 27.4 Å². The van der Waals surface area contributed by atoms with E-state index in [1.807, 2.05) is 0 Å². The normalized spacial score (nSPS) is 17.6. The van der Waals surface area contributed by atoms with Crippen LogP contribution in [0, 0.1) is 0 Å². The molecule has 33 heavy (non-hydrogen) atoms. The van der Waals surface area contributed by atoms with Gasteiger partial charge in [0, 0.05) is 18.2 Å². The van der Waals surface area contributed by atoms with Crippen LogP contribution in [0.5, 0.6) is 11.5 Å². The maximum absolute atomic E-state index is 13.9. The molecular weight excluding hydrogens is 461 g/mol.